The van der Waals surface area contributed by atoms with E-state index < -0.39 is 0 Å². The summed E-state index contributed by atoms with van der Waals surface area (Å²) in [6.07, 6.45) is 2.06. The lowest BCUT2D eigenvalue weighted by atomic mass is 10.2. The van der Waals surface area contributed by atoms with Crippen molar-refractivity contribution in [1.29, 1.82) is 0 Å². The average Bonchev–Trinajstić information content (AvgIpc) is 3.38. The number of carbonyl (C=O) groups excluding carboxylic acids is 2. The molecule has 2 aliphatic rings. The number of piperazine rings is 1. The number of para-hydroxylation sites is 1. The summed E-state index contributed by atoms with van der Waals surface area (Å²) >= 11 is 0. The molecular weight excluding hydrogens is 280 g/mol. The van der Waals surface area contributed by atoms with Crippen molar-refractivity contribution in [3.63, 3.8) is 0 Å². The Bertz CT molecular complexity index is 561. The Hall–Kier alpha value is -2.04. The van der Waals surface area contributed by atoms with E-state index >= 15 is 0 Å². The van der Waals surface area contributed by atoms with E-state index in [0.29, 0.717) is 26.2 Å². The van der Waals surface area contributed by atoms with Crippen molar-refractivity contribution in [2.24, 2.45) is 5.92 Å². The third-order valence-electron chi connectivity index (χ3n) is 4.32. The van der Waals surface area contributed by atoms with E-state index in [0.717, 1.165) is 24.2 Å². The van der Waals surface area contributed by atoms with E-state index in [9.17, 15) is 9.59 Å². The molecular formula is C17H22N2O3. The predicted molar refractivity (Wildman–Crippen MR) is 82.6 cm³/mol. The fourth-order valence-electron chi connectivity index (χ4n) is 2.71. The third kappa shape index (κ3) is 3.40. The van der Waals surface area contributed by atoms with Gasteiger partial charge >= 0.3 is 0 Å². The van der Waals surface area contributed by atoms with Gasteiger partial charge in [0.15, 0.2) is 6.61 Å². The lowest BCUT2D eigenvalue weighted by Crippen LogP contribution is -2.52. The number of ether oxygens (including phenoxy) is 1. The van der Waals surface area contributed by atoms with Gasteiger partial charge in [0.25, 0.3) is 5.91 Å². The zero-order valence-corrected chi connectivity index (χ0v) is 13.0. The second-order valence-corrected chi connectivity index (χ2v) is 6.03. The molecule has 1 saturated heterocycles. The summed E-state index contributed by atoms with van der Waals surface area (Å²) in [6.45, 7) is 4.52. The van der Waals surface area contributed by atoms with Crippen LogP contribution in [-0.2, 0) is 9.59 Å². The molecule has 1 aliphatic heterocycles. The summed E-state index contributed by atoms with van der Waals surface area (Å²) in [5.74, 6) is 1.26. The van der Waals surface area contributed by atoms with Crippen LogP contribution in [0.15, 0.2) is 24.3 Å². The number of nitrogens with zero attached hydrogens (tertiary/aromatic N) is 2. The van der Waals surface area contributed by atoms with Crippen LogP contribution in [-0.4, -0.2) is 54.4 Å². The molecule has 0 unspecified atom stereocenters. The second kappa shape index (κ2) is 6.38. The maximum atomic E-state index is 12.2. The number of benzene rings is 1. The SMILES string of the molecule is Cc1ccccc1OCC(=O)N1CCN(C(=O)C2CC2)CC1. The monoisotopic (exact) mass is 302 g/mol. The van der Waals surface area contributed by atoms with Gasteiger partial charge < -0.3 is 14.5 Å². The number of amides is 2. The molecule has 0 N–H and O–H groups in total. The van der Waals surface area contributed by atoms with E-state index in [-0.39, 0.29) is 24.3 Å². The summed E-state index contributed by atoms with van der Waals surface area (Å²) in [4.78, 5) is 27.9. The summed E-state index contributed by atoms with van der Waals surface area (Å²) in [7, 11) is 0. The molecule has 0 aromatic heterocycles. The smallest absolute Gasteiger partial charge is 0.260 e. The maximum Gasteiger partial charge on any atom is 0.260 e. The zero-order valence-electron chi connectivity index (χ0n) is 13.0. The first kappa shape index (κ1) is 14.9. The molecule has 1 aromatic rings. The largest absolute Gasteiger partial charge is 0.484 e. The highest BCUT2D eigenvalue weighted by molar-refractivity contribution is 5.82. The van der Waals surface area contributed by atoms with Gasteiger partial charge in [-0.2, -0.15) is 0 Å². The minimum absolute atomic E-state index is 0.0122. The molecule has 5 heteroatoms. The number of rotatable bonds is 4. The Morgan fingerprint density at radius 2 is 1.73 bits per heavy atom. The van der Waals surface area contributed by atoms with Crippen molar-refractivity contribution in [3.8, 4) is 5.75 Å². The molecule has 3 rings (SSSR count). The van der Waals surface area contributed by atoms with Gasteiger partial charge in [-0.3, -0.25) is 9.59 Å². The fourth-order valence-corrected chi connectivity index (χ4v) is 2.71. The average molecular weight is 302 g/mol. The van der Waals surface area contributed by atoms with Crippen LogP contribution in [0.1, 0.15) is 18.4 Å². The molecule has 2 amide bonds. The van der Waals surface area contributed by atoms with Crippen molar-refractivity contribution in [1.82, 2.24) is 9.80 Å². The van der Waals surface area contributed by atoms with Gasteiger partial charge in [0.2, 0.25) is 5.91 Å². The molecule has 0 bridgehead atoms. The molecule has 1 aliphatic carbocycles. The quantitative estimate of drug-likeness (QED) is 0.846. The Kier molecular flexibility index (Phi) is 4.32. The fraction of sp³-hybridized carbons (Fsp3) is 0.529. The van der Waals surface area contributed by atoms with E-state index in [1.54, 1.807) is 4.90 Å². The minimum Gasteiger partial charge on any atom is -0.484 e. The summed E-state index contributed by atoms with van der Waals surface area (Å²) in [5.41, 5.74) is 1.02. The van der Waals surface area contributed by atoms with Gasteiger partial charge in [-0.15, -0.1) is 0 Å². The first-order valence-electron chi connectivity index (χ1n) is 7.90. The van der Waals surface area contributed by atoms with Gasteiger partial charge in [-0.1, -0.05) is 18.2 Å². The number of aryl methyl sites for hydroxylation is 1. The number of hydrogen-bond acceptors (Lipinski definition) is 3. The first-order chi connectivity index (χ1) is 10.6. The topological polar surface area (TPSA) is 49.9 Å². The molecule has 0 radical (unpaired) electrons. The van der Waals surface area contributed by atoms with Crippen LogP contribution < -0.4 is 4.74 Å². The molecule has 1 heterocycles. The van der Waals surface area contributed by atoms with Crippen LogP contribution >= 0.6 is 0 Å². The minimum atomic E-state index is -0.0122. The van der Waals surface area contributed by atoms with E-state index in [1.165, 1.54) is 0 Å². The summed E-state index contributed by atoms with van der Waals surface area (Å²) in [5, 5.41) is 0. The van der Waals surface area contributed by atoms with Gasteiger partial charge in [-0.25, -0.2) is 0 Å². The van der Waals surface area contributed by atoms with Crippen LogP contribution in [0.3, 0.4) is 0 Å². The van der Waals surface area contributed by atoms with Gasteiger partial charge in [0.05, 0.1) is 0 Å². The van der Waals surface area contributed by atoms with Crippen molar-refractivity contribution < 1.29 is 14.3 Å². The molecule has 1 aromatic carbocycles. The molecule has 5 nitrogen and oxygen atoms in total. The number of carbonyl (C=O) groups is 2. The van der Waals surface area contributed by atoms with E-state index in [2.05, 4.69) is 0 Å². The predicted octanol–water partition coefficient (Wildman–Crippen LogP) is 1.45. The first-order valence-corrected chi connectivity index (χ1v) is 7.90. The lowest BCUT2D eigenvalue weighted by Gasteiger charge is -2.34. The van der Waals surface area contributed by atoms with Crippen molar-refractivity contribution in [3.05, 3.63) is 29.8 Å². The molecule has 22 heavy (non-hydrogen) atoms. The third-order valence-corrected chi connectivity index (χ3v) is 4.32. The van der Waals surface area contributed by atoms with Crippen molar-refractivity contribution in [2.75, 3.05) is 32.8 Å². The lowest BCUT2D eigenvalue weighted by molar-refractivity contribution is -0.141. The Morgan fingerprint density at radius 3 is 2.36 bits per heavy atom. The van der Waals surface area contributed by atoms with Crippen molar-refractivity contribution in [2.45, 2.75) is 19.8 Å². The summed E-state index contributed by atoms with van der Waals surface area (Å²) < 4.78 is 5.60. The van der Waals surface area contributed by atoms with Crippen LogP contribution in [0, 0.1) is 12.8 Å². The Labute approximate surface area is 130 Å². The number of hydrogen-bond donors (Lipinski definition) is 0. The van der Waals surface area contributed by atoms with E-state index in [1.807, 2.05) is 36.1 Å². The molecule has 2 fully saturated rings. The Balaban J connectivity index is 1.45. The van der Waals surface area contributed by atoms with Crippen LogP contribution in [0.4, 0.5) is 0 Å². The standard InChI is InChI=1S/C17H22N2O3/c1-13-4-2-3-5-15(13)22-12-16(20)18-8-10-19(11-9-18)17(21)14-6-7-14/h2-5,14H,6-12H2,1H3. The van der Waals surface area contributed by atoms with Crippen molar-refractivity contribution >= 4 is 11.8 Å². The Morgan fingerprint density at radius 1 is 1.09 bits per heavy atom. The highest BCUT2D eigenvalue weighted by Gasteiger charge is 2.35. The molecule has 0 spiro atoms. The molecule has 0 atom stereocenters. The summed E-state index contributed by atoms with van der Waals surface area (Å²) in [6, 6.07) is 7.67. The second-order valence-electron chi connectivity index (χ2n) is 6.03. The van der Waals surface area contributed by atoms with Crippen LogP contribution in [0.25, 0.3) is 0 Å². The molecule has 1 saturated carbocycles. The normalized spacial score (nSPS) is 18.2. The highest BCUT2D eigenvalue weighted by atomic mass is 16.5. The van der Waals surface area contributed by atoms with Crippen LogP contribution in [0.5, 0.6) is 5.75 Å². The van der Waals surface area contributed by atoms with Gasteiger partial charge in [-0.05, 0) is 31.4 Å². The van der Waals surface area contributed by atoms with Crippen LogP contribution in [0.2, 0.25) is 0 Å². The van der Waals surface area contributed by atoms with E-state index in [4.69, 9.17) is 4.74 Å². The van der Waals surface area contributed by atoms with Gasteiger partial charge in [0.1, 0.15) is 5.75 Å². The molecule has 118 valence electrons. The maximum absolute atomic E-state index is 12.2. The van der Waals surface area contributed by atoms with Gasteiger partial charge in [0, 0.05) is 32.1 Å². The zero-order chi connectivity index (χ0) is 15.5. The highest BCUT2D eigenvalue weighted by Crippen LogP contribution is 2.31.